The number of rotatable bonds is 9. The van der Waals surface area contributed by atoms with E-state index in [9.17, 15) is 0 Å². The predicted molar refractivity (Wildman–Crippen MR) is 70.4 cm³/mol. The van der Waals surface area contributed by atoms with Crippen molar-refractivity contribution in [3.8, 4) is 0 Å². The van der Waals surface area contributed by atoms with Crippen LogP contribution in [0.5, 0.6) is 0 Å². The van der Waals surface area contributed by atoms with Crippen molar-refractivity contribution >= 4 is 11.6 Å². The summed E-state index contributed by atoms with van der Waals surface area (Å²) >= 11 is 5.78. The van der Waals surface area contributed by atoms with Gasteiger partial charge in [-0.1, -0.05) is 24.3 Å². The molecule has 0 unspecified atom stereocenters. The monoisotopic (exact) mass is 257 g/mol. The van der Waals surface area contributed by atoms with Crippen LogP contribution in [0.4, 0.5) is 0 Å². The zero-order valence-electron chi connectivity index (χ0n) is 10.2. The van der Waals surface area contributed by atoms with Crippen LogP contribution >= 0.6 is 11.6 Å². The van der Waals surface area contributed by atoms with Crippen molar-refractivity contribution in [3.05, 3.63) is 35.4 Å². The van der Waals surface area contributed by atoms with E-state index in [1.807, 2.05) is 12.1 Å². The maximum absolute atomic E-state index is 5.78. The van der Waals surface area contributed by atoms with Gasteiger partial charge in [-0.15, -0.1) is 11.6 Å². The van der Waals surface area contributed by atoms with E-state index in [-0.39, 0.29) is 0 Å². The Morgan fingerprint density at radius 3 is 2.76 bits per heavy atom. The molecule has 0 spiro atoms. The molecule has 1 aromatic carbocycles. The van der Waals surface area contributed by atoms with E-state index in [1.165, 1.54) is 5.56 Å². The fraction of sp³-hybridized carbons (Fsp3) is 0.538. The minimum absolute atomic E-state index is 0.563. The minimum Gasteiger partial charge on any atom is -0.382 e. The predicted octanol–water partition coefficient (Wildman–Crippen LogP) is 2.18. The molecule has 0 saturated carbocycles. The average Bonchev–Trinajstić information content (AvgIpc) is 2.38. The highest BCUT2D eigenvalue weighted by atomic mass is 35.5. The van der Waals surface area contributed by atoms with Gasteiger partial charge in [-0.25, -0.2) is 0 Å². The second kappa shape index (κ2) is 9.42. The van der Waals surface area contributed by atoms with Crippen LogP contribution in [-0.4, -0.2) is 33.5 Å². The lowest BCUT2D eigenvalue weighted by atomic mass is 10.1. The van der Waals surface area contributed by atoms with Crippen LogP contribution in [0.15, 0.2) is 24.3 Å². The first-order valence-corrected chi connectivity index (χ1v) is 6.31. The summed E-state index contributed by atoms with van der Waals surface area (Å²) in [5.74, 6) is 0.563. The van der Waals surface area contributed by atoms with Gasteiger partial charge >= 0.3 is 0 Å². The lowest BCUT2D eigenvalue weighted by Gasteiger charge is -2.07. The summed E-state index contributed by atoms with van der Waals surface area (Å²) in [6.07, 6.45) is 0. The Hall–Kier alpha value is -0.610. The Morgan fingerprint density at radius 2 is 2.00 bits per heavy atom. The average molecular weight is 258 g/mol. The molecule has 3 nitrogen and oxygen atoms in total. The Kier molecular flexibility index (Phi) is 8.01. The first-order chi connectivity index (χ1) is 8.36. The van der Waals surface area contributed by atoms with Gasteiger partial charge in [0.25, 0.3) is 0 Å². The van der Waals surface area contributed by atoms with Crippen molar-refractivity contribution < 1.29 is 9.47 Å². The number of methoxy groups -OCH3 is 1. The van der Waals surface area contributed by atoms with Crippen LogP contribution in [0.25, 0.3) is 0 Å². The molecule has 0 bridgehead atoms. The van der Waals surface area contributed by atoms with Crippen molar-refractivity contribution in [1.29, 1.82) is 0 Å². The molecule has 0 fully saturated rings. The summed E-state index contributed by atoms with van der Waals surface area (Å²) < 4.78 is 10.2. The van der Waals surface area contributed by atoms with Gasteiger partial charge in [-0.05, 0) is 11.1 Å². The zero-order valence-corrected chi connectivity index (χ0v) is 11.0. The largest absolute Gasteiger partial charge is 0.382 e. The standard InChI is InChI=1S/C13H20ClNO2/c1-16-7-8-17-6-5-15-11-13-4-2-3-12(9-13)10-14/h2-4,9,15H,5-8,10-11H2,1H3. The van der Waals surface area contributed by atoms with Crippen molar-refractivity contribution in [2.45, 2.75) is 12.4 Å². The van der Waals surface area contributed by atoms with Gasteiger partial charge in [0.1, 0.15) is 0 Å². The zero-order chi connectivity index (χ0) is 12.3. The molecule has 0 aliphatic heterocycles. The van der Waals surface area contributed by atoms with Crippen LogP contribution in [0.1, 0.15) is 11.1 Å². The van der Waals surface area contributed by atoms with E-state index in [0.717, 1.165) is 18.7 Å². The van der Waals surface area contributed by atoms with Crippen molar-refractivity contribution in [1.82, 2.24) is 5.32 Å². The molecule has 1 rings (SSSR count). The van der Waals surface area contributed by atoms with Gasteiger partial charge in [-0.3, -0.25) is 0 Å². The van der Waals surface area contributed by atoms with Gasteiger partial charge in [0.2, 0.25) is 0 Å². The van der Waals surface area contributed by atoms with Crippen molar-refractivity contribution in [3.63, 3.8) is 0 Å². The normalized spacial score (nSPS) is 10.7. The summed E-state index contributed by atoms with van der Waals surface area (Å²) in [4.78, 5) is 0. The van der Waals surface area contributed by atoms with E-state index in [2.05, 4.69) is 17.4 Å². The summed E-state index contributed by atoms with van der Waals surface area (Å²) in [6, 6.07) is 8.27. The fourth-order valence-electron chi connectivity index (χ4n) is 1.44. The summed E-state index contributed by atoms with van der Waals surface area (Å²) in [5, 5.41) is 3.32. The number of alkyl halides is 1. The Balaban J connectivity index is 2.09. The highest BCUT2D eigenvalue weighted by molar-refractivity contribution is 6.17. The molecule has 17 heavy (non-hydrogen) atoms. The maximum Gasteiger partial charge on any atom is 0.0700 e. The molecule has 0 radical (unpaired) electrons. The van der Waals surface area contributed by atoms with Crippen molar-refractivity contribution in [2.75, 3.05) is 33.5 Å². The number of ether oxygens (including phenoxy) is 2. The first kappa shape index (κ1) is 14.5. The minimum atomic E-state index is 0.563. The third-order valence-electron chi connectivity index (χ3n) is 2.33. The third kappa shape index (κ3) is 6.64. The lowest BCUT2D eigenvalue weighted by Crippen LogP contribution is -2.20. The summed E-state index contributed by atoms with van der Waals surface area (Å²) in [5.41, 5.74) is 2.40. The maximum atomic E-state index is 5.78. The number of benzene rings is 1. The van der Waals surface area contributed by atoms with Crippen LogP contribution in [0.3, 0.4) is 0 Å². The molecular formula is C13H20ClNO2. The molecular weight excluding hydrogens is 238 g/mol. The molecule has 96 valence electrons. The Bertz CT molecular complexity index is 307. The second-order valence-electron chi connectivity index (χ2n) is 3.74. The lowest BCUT2D eigenvalue weighted by molar-refractivity contribution is 0.0719. The van der Waals surface area contributed by atoms with Crippen LogP contribution in [0.2, 0.25) is 0 Å². The van der Waals surface area contributed by atoms with Gasteiger partial charge < -0.3 is 14.8 Å². The van der Waals surface area contributed by atoms with Gasteiger partial charge in [0, 0.05) is 26.1 Å². The number of hydrogen-bond acceptors (Lipinski definition) is 3. The van der Waals surface area contributed by atoms with E-state index >= 15 is 0 Å². The fourth-order valence-corrected chi connectivity index (χ4v) is 1.61. The second-order valence-corrected chi connectivity index (χ2v) is 4.00. The van der Waals surface area contributed by atoms with Crippen molar-refractivity contribution in [2.24, 2.45) is 0 Å². The molecule has 0 aliphatic rings. The van der Waals surface area contributed by atoms with Crippen LogP contribution < -0.4 is 5.32 Å². The molecule has 0 amide bonds. The Morgan fingerprint density at radius 1 is 1.18 bits per heavy atom. The number of nitrogens with one attached hydrogen (secondary N) is 1. The van der Waals surface area contributed by atoms with E-state index in [1.54, 1.807) is 7.11 Å². The Labute approximate surface area is 108 Å². The van der Waals surface area contributed by atoms with E-state index in [0.29, 0.717) is 25.7 Å². The van der Waals surface area contributed by atoms with Crippen LogP contribution in [0, 0.1) is 0 Å². The molecule has 1 aromatic rings. The van der Waals surface area contributed by atoms with E-state index in [4.69, 9.17) is 21.1 Å². The number of hydrogen-bond donors (Lipinski definition) is 1. The quantitative estimate of drug-likeness (QED) is 0.543. The molecule has 4 heteroatoms. The molecule has 0 saturated heterocycles. The molecule has 0 aromatic heterocycles. The molecule has 0 aliphatic carbocycles. The van der Waals surface area contributed by atoms with Crippen LogP contribution in [-0.2, 0) is 21.9 Å². The highest BCUT2D eigenvalue weighted by Gasteiger charge is 1.95. The van der Waals surface area contributed by atoms with Gasteiger partial charge in [-0.2, -0.15) is 0 Å². The van der Waals surface area contributed by atoms with Gasteiger partial charge in [0.15, 0.2) is 0 Å². The molecule has 0 heterocycles. The number of halogens is 1. The van der Waals surface area contributed by atoms with Gasteiger partial charge in [0.05, 0.1) is 19.8 Å². The summed E-state index contributed by atoms with van der Waals surface area (Å²) in [7, 11) is 1.67. The molecule has 0 atom stereocenters. The summed E-state index contributed by atoms with van der Waals surface area (Å²) in [6.45, 7) is 3.70. The highest BCUT2D eigenvalue weighted by Crippen LogP contribution is 2.07. The molecule has 1 N–H and O–H groups in total. The SMILES string of the molecule is COCCOCCNCc1cccc(CCl)c1. The third-order valence-corrected chi connectivity index (χ3v) is 2.64. The smallest absolute Gasteiger partial charge is 0.0700 e. The first-order valence-electron chi connectivity index (χ1n) is 5.78. The van der Waals surface area contributed by atoms with E-state index < -0.39 is 0 Å². The topological polar surface area (TPSA) is 30.5 Å².